The highest BCUT2D eigenvalue weighted by molar-refractivity contribution is 14.0. The van der Waals surface area contributed by atoms with E-state index < -0.39 is 5.91 Å². The van der Waals surface area contributed by atoms with Gasteiger partial charge < -0.3 is 25.4 Å². The van der Waals surface area contributed by atoms with Crippen molar-refractivity contribution in [2.75, 3.05) is 26.8 Å². The van der Waals surface area contributed by atoms with Gasteiger partial charge >= 0.3 is 0 Å². The average Bonchev–Trinajstić information content (AvgIpc) is 2.71. The van der Waals surface area contributed by atoms with E-state index in [9.17, 15) is 4.79 Å². The minimum Gasteiger partial charge on any atom is -0.494 e. The summed E-state index contributed by atoms with van der Waals surface area (Å²) in [6.45, 7) is 6.52. The molecule has 0 bridgehead atoms. The minimum absolute atomic E-state index is 0. The van der Waals surface area contributed by atoms with Crippen LogP contribution in [0, 0.1) is 0 Å². The molecule has 0 aliphatic rings. The number of hydrogen-bond donors (Lipinski definition) is 2. The molecular weight excluding hydrogens is 495 g/mol. The zero-order valence-corrected chi connectivity index (χ0v) is 20.1. The van der Waals surface area contributed by atoms with Gasteiger partial charge in [0.25, 0.3) is 5.91 Å². The number of primary amides is 1. The maximum atomic E-state index is 10.9. The van der Waals surface area contributed by atoms with Crippen molar-refractivity contribution in [1.29, 1.82) is 0 Å². The monoisotopic (exact) mass is 526 g/mol. The summed E-state index contributed by atoms with van der Waals surface area (Å²) in [4.78, 5) is 17.7. The Labute approximate surface area is 195 Å². The summed E-state index contributed by atoms with van der Waals surface area (Å²) in [6, 6.07) is 15.6. The Morgan fingerprint density at radius 2 is 1.80 bits per heavy atom. The number of ether oxygens (including phenoxy) is 2. The van der Waals surface area contributed by atoms with Crippen molar-refractivity contribution >= 4 is 35.8 Å². The predicted octanol–water partition coefficient (Wildman–Crippen LogP) is 3.16. The van der Waals surface area contributed by atoms with Gasteiger partial charge in [-0.15, -0.1) is 24.0 Å². The summed E-state index contributed by atoms with van der Waals surface area (Å²) < 4.78 is 10.9. The van der Waals surface area contributed by atoms with Crippen molar-refractivity contribution in [2.45, 2.75) is 26.9 Å². The molecule has 7 nitrogen and oxygen atoms in total. The molecule has 0 saturated heterocycles. The number of hydrogen-bond acceptors (Lipinski definition) is 4. The highest BCUT2D eigenvalue weighted by atomic mass is 127. The van der Waals surface area contributed by atoms with E-state index in [0.29, 0.717) is 18.9 Å². The van der Waals surface area contributed by atoms with E-state index in [1.165, 1.54) is 5.56 Å². The van der Waals surface area contributed by atoms with E-state index >= 15 is 0 Å². The lowest BCUT2D eigenvalue weighted by molar-refractivity contribution is -0.119. The molecule has 0 unspecified atom stereocenters. The van der Waals surface area contributed by atoms with Crippen LogP contribution in [0.2, 0.25) is 0 Å². The molecule has 2 aromatic rings. The number of aliphatic imine (C=N–C) groups is 1. The molecule has 164 valence electrons. The number of benzene rings is 2. The third-order valence-electron chi connectivity index (χ3n) is 4.04. The second-order valence-corrected chi connectivity index (χ2v) is 6.51. The number of guanidine groups is 1. The van der Waals surface area contributed by atoms with Crippen LogP contribution in [-0.2, 0) is 17.9 Å². The zero-order chi connectivity index (χ0) is 21.1. The molecule has 30 heavy (non-hydrogen) atoms. The topological polar surface area (TPSA) is 89.2 Å². The molecule has 2 rings (SSSR count). The van der Waals surface area contributed by atoms with Gasteiger partial charge in [-0.25, -0.2) is 4.99 Å². The highest BCUT2D eigenvalue weighted by Crippen LogP contribution is 2.15. The molecule has 0 aromatic heterocycles. The predicted molar refractivity (Wildman–Crippen MR) is 130 cm³/mol. The molecule has 2 aromatic carbocycles. The Morgan fingerprint density at radius 3 is 2.43 bits per heavy atom. The first-order valence-electron chi connectivity index (χ1n) is 9.73. The van der Waals surface area contributed by atoms with E-state index in [-0.39, 0.29) is 30.6 Å². The van der Waals surface area contributed by atoms with Crippen molar-refractivity contribution in [3.05, 3.63) is 59.7 Å². The van der Waals surface area contributed by atoms with Crippen molar-refractivity contribution < 1.29 is 14.3 Å². The van der Waals surface area contributed by atoms with Crippen LogP contribution >= 0.6 is 24.0 Å². The van der Waals surface area contributed by atoms with Crippen molar-refractivity contribution in [2.24, 2.45) is 10.7 Å². The Hall–Kier alpha value is -2.49. The molecule has 0 radical (unpaired) electrons. The first-order valence-corrected chi connectivity index (χ1v) is 9.73. The van der Waals surface area contributed by atoms with Gasteiger partial charge in [0.2, 0.25) is 0 Å². The van der Waals surface area contributed by atoms with Gasteiger partial charge in [-0.2, -0.15) is 0 Å². The largest absolute Gasteiger partial charge is 0.494 e. The molecular formula is C22H31IN4O3. The van der Waals surface area contributed by atoms with Crippen LogP contribution in [0.4, 0.5) is 0 Å². The van der Waals surface area contributed by atoms with Crippen LogP contribution < -0.4 is 20.5 Å². The van der Waals surface area contributed by atoms with Crippen LogP contribution in [0.15, 0.2) is 53.5 Å². The van der Waals surface area contributed by atoms with Crippen molar-refractivity contribution in [3.8, 4) is 11.5 Å². The number of nitrogens with zero attached hydrogens (tertiary/aromatic N) is 2. The summed E-state index contributed by atoms with van der Waals surface area (Å²) in [5.74, 6) is 1.78. The average molecular weight is 526 g/mol. The van der Waals surface area contributed by atoms with E-state index in [2.05, 4.69) is 22.3 Å². The third kappa shape index (κ3) is 8.89. The lowest BCUT2D eigenvalue weighted by atomic mass is 10.2. The number of nitrogens with one attached hydrogen (secondary N) is 1. The quantitative estimate of drug-likeness (QED) is 0.282. The van der Waals surface area contributed by atoms with E-state index in [1.54, 1.807) is 6.07 Å². The molecule has 0 saturated carbocycles. The highest BCUT2D eigenvalue weighted by Gasteiger charge is 2.07. The molecule has 0 aliphatic carbocycles. The van der Waals surface area contributed by atoms with Gasteiger partial charge in [0, 0.05) is 20.1 Å². The molecule has 1 amide bonds. The zero-order valence-electron chi connectivity index (χ0n) is 17.8. The molecule has 8 heteroatoms. The summed E-state index contributed by atoms with van der Waals surface area (Å²) in [5.41, 5.74) is 7.28. The van der Waals surface area contributed by atoms with Crippen molar-refractivity contribution in [3.63, 3.8) is 0 Å². The molecule has 0 aliphatic heterocycles. The fourth-order valence-electron chi connectivity index (χ4n) is 2.73. The maximum absolute atomic E-state index is 10.9. The lowest BCUT2D eigenvalue weighted by Crippen LogP contribution is -2.38. The number of carbonyl (C=O) groups is 1. The Kier molecular flexibility index (Phi) is 11.7. The van der Waals surface area contributed by atoms with Gasteiger partial charge in [0.1, 0.15) is 11.5 Å². The number of carbonyl (C=O) groups excluding carboxylic acids is 1. The van der Waals surface area contributed by atoms with E-state index in [0.717, 1.165) is 30.4 Å². The normalized spacial score (nSPS) is 10.7. The molecule has 0 fully saturated rings. The first-order chi connectivity index (χ1) is 14.0. The standard InChI is InChI=1S/C22H30N4O3.HI/c1-4-24-22(26(3)15-17-9-11-19(12-10-17)28-5-2)25-14-18-7-6-8-20(13-18)29-16-21(23)27;/h6-13H,4-5,14-16H2,1-3H3,(H2,23,27)(H,24,25);1H. The second-order valence-electron chi connectivity index (χ2n) is 6.51. The maximum Gasteiger partial charge on any atom is 0.255 e. The minimum atomic E-state index is -0.501. The van der Waals surface area contributed by atoms with Gasteiger partial charge in [0.15, 0.2) is 12.6 Å². The van der Waals surface area contributed by atoms with E-state index in [4.69, 9.17) is 20.2 Å². The van der Waals surface area contributed by atoms with Crippen LogP contribution in [0.1, 0.15) is 25.0 Å². The first kappa shape index (κ1) is 25.5. The van der Waals surface area contributed by atoms with Crippen LogP contribution in [-0.4, -0.2) is 43.6 Å². The fraction of sp³-hybridized carbons (Fsp3) is 0.364. The molecule has 0 spiro atoms. The summed E-state index contributed by atoms with van der Waals surface area (Å²) in [7, 11) is 2.00. The Balaban J connectivity index is 0.00000450. The third-order valence-corrected chi connectivity index (χ3v) is 4.04. The lowest BCUT2D eigenvalue weighted by Gasteiger charge is -2.22. The number of amides is 1. The van der Waals surface area contributed by atoms with Gasteiger partial charge in [-0.05, 0) is 49.2 Å². The Bertz CT molecular complexity index is 812. The summed E-state index contributed by atoms with van der Waals surface area (Å²) in [6.07, 6.45) is 0. The molecule has 3 N–H and O–H groups in total. The van der Waals surface area contributed by atoms with E-state index in [1.807, 2.05) is 51.2 Å². The SMILES string of the molecule is CCNC(=NCc1cccc(OCC(N)=O)c1)N(C)Cc1ccc(OCC)cc1.I. The van der Waals surface area contributed by atoms with Gasteiger partial charge in [-0.1, -0.05) is 24.3 Å². The van der Waals surface area contributed by atoms with Crippen molar-refractivity contribution in [1.82, 2.24) is 10.2 Å². The number of halogens is 1. The summed E-state index contributed by atoms with van der Waals surface area (Å²) in [5, 5.41) is 3.32. The van der Waals surface area contributed by atoms with Crippen LogP contribution in [0.3, 0.4) is 0 Å². The smallest absolute Gasteiger partial charge is 0.255 e. The van der Waals surface area contributed by atoms with Gasteiger partial charge in [0.05, 0.1) is 13.2 Å². The van der Waals surface area contributed by atoms with Crippen LogP contribution in [0.25, 0.3) is 0 Å². The van der Waals surface area contributed by atoms with Crippen LogP contribution in [0.5, 0.6) is 11.5 Å². The number of rotatable bonds is 10. The fourth-order valence-corrected chi connectivity index (χ4v) is 2.73. The number of nitrogens with two attached hydrogens (primary N) is 1. The second kappa shape index (κ2) is 13.7. The molecule has 0 atom stereocenters. The van der Waals surface area contributed by atoms with Gasteiger partial charge in [-0.3, -0.25) is 4.79 Å². The summed E-state index contributed by atoms with van der Waals surface area (Å²) >= 11 is 0. The Morgan fingerprint density at radius 1 is 1.07 bits per heavy atom. The molecule has 0 heterocycles.